The highest BCUT2D eigenvalue weighted by atomic mass is 35.5. The van der Waals surface area contributed by atoms with E-state index in [4.69, 9.17) is 21.1 Å². The lowest BCUT2D eigenvalue weighted by atomic mass is 10.0. The third-order valence-corrected chi connectivity index (χ3v) is 4.35. The van der Waals surface area contributed by atoms with Crippen LogP contribution in [-0.2, 0) is 0 Å². The van der Waals surface area contributed by atoms with Crippen LogP contribution in [-0.4, -0.2) is 13.2 Å². The minimum absolute atomic E-state index is 0.103. The number of halogens is 4. The Bertz CT molecular complexity index is 793. The van der Waals surface area contributed by atoms with Crippen LogP contribution in [0.5, 0.6) is 11.5 Å². The summed E-state index contributed by atoms with van der Waals surface area (Å²) in [6, 6.07) is 5.27. The molecule has 0 N–H and O–H groups in total. The van der Waals surface area contributed by atoms with Crippen molar-refractivity contribution in [2.75, 3.05) is 13.2 Å². The molecule has 0 atom stereocenters. The number of rotatable bonds is 10. The molecule has 27 heavy (non-hydrogen) atoms. The SMILES string of the molecule is C=CCOc1ccc(-c2ccc(OCCCCCC)c(F)c2F)c(F)c1Cl. The van der Waals surface area contributed by atoms with Crippen molar-refractivity contribution in [2.45, 2.75) is 32.6 Å². The van der Waals surface area contributed by atoms with Crippen LogP contribution in [0.25, 0.3) is 11.1 Å². The molecule has 0 saturated carbocycles. The van der Waals surface area contributed by atoms with Gasteiger partial charge in [-0.1, -0.05) is 50.4 Å². The van der Waals surface area contributed by atoms with Crippen LogP contribution < -0.4 is 9.47 Å². The largest absolute Gasteiger partial charge is 0.490 e. The molecule has 0 aliphatic carbocycles. The van der Waals surface area contributed by atoms with E-state index in [-0.39, 0.29) is 34.3 Å². The van der Waals surface area contributed by atoms with E-state index in [0.717, 1.165) is 25.7 Å². The molecule has 0 saturated heterocycles. The van der Waals surface area contributed by atoms with Crippen molar-refractivity contribution in [3.8, 4) is 22.6 Å². The predicted molar refractivity (Wildman–Crippen MR) is 102 cm³/mol. The summed E-state index contributed by atoms with van der Waals surface area (Å²) in [7, 11) is 0. The lowest BCUT2D eigenvalue weighted by molar-refractivity contribution is 0.285. The fourth-order valence-electron chi connectivity index (χ4n) is 2.56. The van der Waals surface area contributed by atoms with Gasteiger partial charge in [-0.3, -0.25) is 0 Å². The van der Waals surface area contributed by atoms with Gasteiger partial charge >= 0.3 is 0 Å². The zero-order valence-corrected chi connectivity index (χ0v) is 15.9. The summed E-state index contributed by atoms with van der Waals surface area (Å²) in [6.07, 6.45) is 5.34. The van der Waals surface area contributed by atoms with E-state index >= 15 is 0 Å². The molecular formula is C21H22ClF3O2. The number of hydrogen-bond donors (Lipinski definition) is 0. The van der Waals surface area contributed by atoms with E-state index in [1.165, 1.54) is 30.3 Å². The van der Waals surface area contributed by atoms with Crippen LogP contribution in [0.3, 0.4) is 0 Å². The fourth-order valence-corrected chi connectivity index (χ4v) is 2.78. The van der Waals surface area contributed by atoms with E-state index in [1.807, 2.05) is 0 Å². The van der Waals surface area contributed by atoms with Gasteiger partial charge in [-0.05, 0) is 30.7 Å². The topological polar surface area (TPSA) is 18.5 Å². The molecule has 0 aliphatic rings. The average Bonchev–Trinajstić information content (AvgIpc) is 2.67. The van der Waals surface area contributed by atoms with Crippen molar-refractivity contribution < 1.29 is 22.6 Å². The van der Waals surface area contributed by atoms with Crippen LogP contribution in [0.4, 0.5) is 13.2 Å². The Hall–Kier alpha value is -2.14. The van der Waals surface area contributed by atoms with Crippen molar-refractivity contribution in [3.63, 3.8) is 0 Å². The van der Waals surface area contributed by atoms with E-state index in [0.29, 0.717) is 6.61 Å². The zero-order chi connectivity index (χ0) is 19.8. The molecule has 0 spiro atoms. The van der Waals surface area contributed by atoms with Gasteiger partial charge < -0.3 is 9.47 Å². The average molecular weight is 399 g/mol. The van der Waals surface area contributed by atoms with Crippen LogP contribution >= 0.6 is 11.6 Å². The maximum atomic E-state index is 14.6. The van der Waals surface area contributed by atoms with E-state index < -0.39 is 17.5 Å². The molecule has 2 aromatic rings. The van der Waals surface area contributed by atoms with E-state index in [1.54, 1.807) is 0 Å². The van der Waals surface area contributed by atoms with E-state index in [9.17, 15) is 13.2 Å². The molecule has 0 fully saturated rings. The lowest BCUT2D eigenvalue weighted by Gasteiger charge is -2.13. The number of benzene rings is 2. The quantitative estimate of drug-likeness (QED) is 0.318. The van der Waals surface area contributed by atoms with Crippen molar-refractivity contribution in [3.05, 3.63) is 59.4 Å². The summed E-state index contributed by atoms with van der Waals surface area (Å²) < 4.78 is 53.9. The number of unbranched alkanes of at least 4 members (excludes halogenated alkanes) is 3. The molecule has 2 aromatic carbocycles. The van der Waals surface area contributed by atoms with Crippen molar-refractivity contribution in [1.82, 2.24) is 0 Å². The summed E-state index contributed by atoms with van der Waals surface area (Å²) in [4.78, 5) is 0. The second-order valence-corrected chi connectivity index (χ2v) is 6.37. The molecule has 2 nitrogen and oxygen atoms in total. The standard InChI is InChI=1S/C21H22ClF3O2/c1-3-5-6-7-13-27-17-11-9-15(20(24)21(17)25)14-8-10-16(26-12-4-2)18(22)19(14)23/h4,8-11H,2-3,5-7,12-13H2,1H3. The highest BCUT2D eigenvalue weighted by Gasteiger charge is 2.21. The minimum Gasteiger partial charge on any atom is -0.490 e. The van der Waals surface area contributed by atoms with Gasteiger partial charge in [0, 0.05) is 11.1 Å². The van der Waals surface area contributed by atoms with Crippen LogP contribution in [0, 0.1) is 17.5 Å². The Morgan fingerprint density at radius 2 is 1.56 bits per heavy atom. The predicted octanol–water partition coefficient (Wildman–Crippen LogP) is 6.95. The normalized spacial score (nSPS) is 10.7. The maximum Gasteiger partial charge on any atom is 0.201 e. The first-order valence-corrected chi connectivity index (χ1v) is 9.21. The molecule has 0 aliphatic heterocycles. The molecule has 0 bridgehead atoms. The molecule has 0 heterocycles. The molecule has 0 unspecified atom stereocenters. The van der Waals surface area contributed by atoms with Crippen molar-refractivity contribution in [1.29, 1.82) is 0 Å². The minimum atomic E-state index is -1.18. The van der Waals surface area contributed by atoms with Crippen molar-refractivity contribution >= 4 is 11.6 Å². The Balaban J connectivity index is 2.23. The van der Waals surface area contributed by atoms with Gasteiger partial charge in [-0.25, -0.2) is 8.78 Å². The second-order valence-electron chi connectivity index (χ2n) is 5.99. The summed E-state index contributed by atoms with van der Waals surface area (Å²) in [5, 5.41) is -0.301. The van der Waals surface area contributed by atoms with Crippen LogP contribution in [0.1, 0.15) is 32.6 Å². The van der Waals surface area contributed by atoms with Gasteiger partial charge in [0.1, 0.15) is 17.4 Å². The van der Waals surface area contributed by atoms with E-state index in [2.05, 4.69) is 13.5 Å². The smallest absolute Gasteiger partial charge is 0.201 e. The highest BCUT2D eigenvalue weighted by Crippen LogP contribution is 2.37. The van der Waals surface area contributed by atoms with Crippen LogP contribution in [0.15, 0.2) is 36.9 Å². The molecule has 0 amide bonds. The number of ether oxygens (including phenoxy) is 2. The Morgan fingerprint density at radius 1 is 0.889 bits per heavy atom. The summed E-state index contributed by atoms with van der Waals surface area (Å²) in [6.45, 7) is 6.02. The summed E-state index contributed by atoms with van der Waals surface area (Å²) in [5.41, 5.74) is -0.391. The van der Waals surface area contributed by atoms with Gasteiger partial charge in [0.15, 0.2) is 17.4 Å². The van der Waals surface area contributed by atoms with Crippen molar-refractivity contribution in [2.24, 2.45) is 0 Å². The fraction of sp³-hybridized carbons (Fsp3) is 0.333. The molecule has 2 rings (SSSR count). The Morgan fingerprint density at radius 3 is 2.22 bits per heavy atom. The summed E-state index contributed by atoms with van der Waals surface area (Å²) in [5.74, 6) is -3.30. The molecule has 0 radical (unpaired) electrons. The zero-order valence-electron chi connectivity index (χ0n) is 15.2. The van der Waals surface area contributed by atoms with Gasteiger partial charge in [0.25, 0.3) is 0 Å². The molecule has 0 aromatic heterocycles. The second kappa shape index (κ2) is 10.3. The molecular weight excluding hydrogens is 377 g/mol. The molecule has 6 heteroatoms. The van der Waals surface area contributed by atoms with Crippen LogP contribution in [0.2, 0.25) is 5.02 Å². The number of hydrogen-bond acceptors (Lipinski definition) is 2. The third kappa shape index (κ3) is 5.19. The lowest BCUT2D eigenvalue weighted by Crippen LogP contribution is -2.02. The van der Waals surface area contributed by atoms with Gasteiger partial charge in [-0.15, -0.1) is 0 Å². The first kappa shape index (κ1) is 21.2. The first-order valence-electron chi connectivity index (χ1n) is 8.84. The first-order chi connectivity index (χ1) is 13.0. The third-order valence-electron chi connectivity index (χ3n) is 4.00. The van der Waals surface area contributed by atoms with Gasteiger partial charge in [0.2, 0.25) is 5.82 Å². The van der Waals surface area contributed by atoms with Gasteiger partial charge in [0.05, 0.1) is 6.61 Å². The summed E-state index contributed by atoms with van der Waals surface area (Å²) >= 11 is 5.94. The van der Waals surface area contributed by atoms with Gasteiger partial charge in [-0.2, -0.15) is 4.39 Å². The highest BCUT2D eigenvalue weighted by molar-refractivity contribution is 6.32. The Kier molecular flexibility index (Phi) is 8.04. The Labute approximate surface area is 162 Å². The maximum absolute atomic E-state index is 14.6. The molecule has 146 valence electrons. The monoisotopic (exact) mass is 398 g/mol.